The number of benzene rings is 2. The van der Waals surface area contributed by atoms with Crippen molar-refractivity contribution in [1.29, 1.82) is 0 Å². The molecule has 0 saturated heterocycles. The zero-order chi connectivity index (χ0) is 22.1. The summed E-state index contributed by atoms with van der Waals surface area (Å²) in [6.07, 6.45) is 0.763. The fraction of sp³-hybridized carbons (Fsp3) is 0.440. The van der Waals surface area contributed by atoms with E-state index in [1.807, 2.05) is 112 Å². The summed E-state index contributed by atoms with van der Waals surface area (Å²) in [6, 6.07) is 18.6. The molecule has 0 N–H and O–H groups in total. The van der Waals surface area contributed by atoms with Crippen molar-refractivity contribution < 1.29 is 9.59 Å². The average Bonchev–Trinajstić information content (AvgIpc) is 2.82. The van der Waals surface area contributed by atoms with Crippen molar-refractivity contribution in [3.05, 3.63) is 71.8 Å². The van der Waals surface area contributed by atoms with Gasteiger partial charge >= 0.3 is 0 Å². The summed E-state index contributed by atoms with van der Waals surface area (Å²) in [4.78, 5) is 28.7. The molecule has 2 amide bonds. The Kier molecular flexibility index (Phi) is 14.9. The average molecular weight is 399 g/mol. The van der Waals surface area contributed by atoms with Gasteiger partial charge in [0.2, 0.25) is 0 Å². The van der Waals surface area contributed by atoms with E-state index in [0.717, 1.165) is 6.42 Å². The Labute approximate surface area is 177 Å². The third-order valence-electron chi connectivity index (χ3n) is 4.24. The van der Waals surface area contributed by atoms with Crippen molar-refractivity contribution >= 4 is 11.8 Å². The topological polar surface area (TPSA) is 40.6 Å². The number of rotatable bonds is 8. The molecule has 0 atom stereocenters. The van der Waals surface area contributed by atoms with Gasteiger partial charge in [-0.3, -0.25) is 9.59 Å². The molecule has 0 unspecified atom stereocenters. The molecule has 0 aliphatic heterocycles. The lowest BCUT2D eigenvalue weighted by Crippen LogP contribution is -2.36. The van der Waals surface area contributed by atoms with Gasteiger partial charge in [-0.2, -0.15) is 0 Å². The quantitative estimate of drug-likeness (QED) is 0.568. The SMILES string of the molecule is CC.CC.CCN(CCCN(CC)C(=O)c1ccccc1)C(=O)c1ccccc1. The molecule has 0 radical (unpaired) electrons. The fourth-order valence-corrected chi connectivity index (χ4v) is 2.79. The van der Waals surface area contributed by atoms with Crippen molar-refractivity contribution in [1.82, 2.24) is 9.80 Å². The van der Waals surface area contributed by atoms with E-state index in [-0.39, 0.29) is 11.8 Å². The number of hydrogen-bond donors (Lipinski definition) is 0. The third-order valence-corrected chi connectivity index (χ3v) is 4.24. The van der Waals surface area contributed by atoms with Crippen LogP contribution in [0.5, 0.6) is 0 Å². The molecule has 2 aromatic carbocycles. The van der Waals surface area contributed by atoms with E-state index in [9.17, 15) is 9.59 Å². The molecule has 0 aromatic heterocycles. The molecule has 0 saturated carbocycles. The van der Waals surface area contributed by atoms with Crippen molar-refractivity contribution in [3.63, 3.8) is 0 Å². The number of hydrogen-bond acceptors (Lipinski definition) is 2. The summed E-state index contributed by atoms with van der Waals surface area (Å²) in [5.41, 5.74) is 1.41. The molecule has 4 heteroatoms. The Bertz CT molecular complexity index is 612. The standard InChI is InChI=1S/C21H26N2O2.2C2H6/c1-3-22(20(24)18-12-7-5-8-13-18)16-11-17-23(4-2)21(25)19-14-9-6-10-15-19;2*1-2/h5-10,12-15H,3-4,11,16-17H2,1-2H3;2*1-2H3. The van der Waals surface area contributed by atoms with E-state index >= 15 is 0 Å². The third kappa shape index (κ3) is 8.95. The van der Waals surface area contributed by atoms with Crippen LogP contribution in [-0.2, 0) is 0 Å². The molecule has 0 heterocycles. The summed E-state index contributed by atoms with van der Waals surface area (Å²) in [7, 11) is 0. The van der Waals surface area contributed by atoms with Gasteiger partial charge in [0, 0.05) is 37.3 Å². The highest BCUT2D eigenvalue weighted by Gasteiger charge is 2.16. The first-order valence-electron chi connectivity index (χ1n) is 10.9. The Hall–Kier alpha value is -2.62. The maximum atomic E-state index is 12.5. The van der Waals surface area contributed by atoms with Gasteiger partial charge in [0.1, 0.15) is 0 Å². The molecule has 0 aliphatic rings. The van der Waals surface area contributed by atoms with E-state index in [1.165, 1.54) is 0 Å². The molecule has 2 aromatic rings. The lowest BCUT2D eigenvalue weighted by molar-refractivity contribution is 0.0727. The van der Waals surface area contributed by atoms with Gasteiger partial charge in [-0.15, -0.1) is 0 Å². The highest BCUT2D eigenvalue weighted by molar-refractivity contribution is 5.94. The van der Waals surface area contributed by atoms with Crippen LogP contribution in [0, 0.1) is 0 Å². The first-order valence-corrected chi connectivity index (χ1v) is 10.9. The van der Waals surface area contributed by atoms with Gasteiger partial charge in [0.25, 0.3) is 11.8 Å². The van der Waals surface area contributed by atoms with Crippen LogP contribution in [0.15, 0.2) is 60.7 Å². The second-order valence-electron chi connectivity index (χ2n) is 5.86. The van der Waals surface area contributed by atoms with Crippen LogP contribution in [0.2, 0.25) is 0 Å². The van der Waals surface area contributed by atoms with Crippen LogP contribution in [0.1, 0.15) is 68.7 Å². The van der Waals surface area contributed by atoms with Gasteiger partial charge in [-0.05, 0) is 44.5 Å². The maximum Gasteiger partial charge on any atom is 0.253 e. The number of amides is 2. The van der Waals surface area contributed by atoms with E-state index in [2.05, 4.69) is 0 Å². The zero-order valence-electron chi connectivity index (χ0n) is 19.0. The zero-order valence-corrected chi connectivity index (χ0v) is 19.0. The Balaban J connectivity index is 0.00000184. The van der Waals surface area contributed by atoms with Crippen LogP contribution in [0.3, 0.4) is 0 Å². The smallest absolute Gasteiger partial charge is 0.253 e. The second-order valence-corrected chi connectivity index (χ2v) is 5.86. The molecule has 0 spiro atoms. The van der Waals surface area contributed by atoms with Crippen molar-refractivity contribution in [2.24, 2.45) is 0 Å². The summed E-state index contributed by atoms with van der Waals surface area (Å²) in [6.45, 7) is 14.6. The Morgan fingerprint density at radius 2 is 0.931 bits per heavy atom. The normalized spacial score (nSPS) is 9.31. The van der Waals surface area contributed by atoms with Gasteiger partial charge in [-0.1, -0.05) is 64.1 Å². The molecule has 29 heavy (non-hydrogen) atoms. The van der Waals surface area contributed by atoms with Gasteiger partial charge < -0.3 is 9.80 Å². The van der Waals surface area contributed by atoms with E-state index in [1.54, 1.807) is 0 Å². The molecule has 0 aliphatic carbocycles. The number of carbonyl (C=O) groups is 2. The number of carbonyl (C=O) groups excluding carboxylic acids is 2. The van der Waals surface area contributed by atoms with Crippen molar-refractivity contribution in [3.8, 4) is 0 Å². The summed E-state index contributed by atoms with van der Waals surface area (Å²) >= 11 is 0. The monoisotopic (exact) mass is 398 g/mol. The highest BCUT2D eigenvalue weighted by atomic mass is 16.2. The van der Waals surface area contributed by atoms with Crippen LogP contribution < -0.4 is 0 Å². The maximum absolute atomic E-state index is 12.5. The van der Waals surface area contributed by atoms with E-state index in [4.69, 9.17) is 0 Å². The molecule has 2 rings (SSSR count). The van der Waals surface area contributed by atoms with E-state index < -0.39 is 0 Å². The minimum atomic E-state index is 0.0422. The predicted molar refractivity (Wildman–Crippen MR) is 123 cm³/mol. The van der Waals surface area contributed by atoms with Crippen molar-refractivity contribution in [2.45, 2.75) is 48.0 Å². The highest BCUT2D eigenvalue weighted by Crippen LogP contribution is 2.08. The molecular weight excluding hydrogens is 360 g/mol. The summed E-state index contributed by atoms with van der Waals surface area (Å²) < 4.78 is 0. The van der Waals surface area contributed by atoms with E-state index in [0.29, 0.717) is 37.3 Å². The largest absolute Gasteiger partial charge is 0.339 e. The van der Waals surface area contributed by atoms with Crippen LogP contribution >= 0.6 is 0 Å². The van der Waals surface area contributed by atoms with Crippen LogP contribution in [0.25, 0.3) is 0 Å². The lowest BCUT2D eigenvalue weighted by atomic mass is 10.2. The fourth-order valence-electron chi connectivity index (χ4n) is 2.79. The minimum Gasteiger partial charge on any atom is -0.339 e. The van der Waals surface area contributed by atoms with Crippen LogP contribution in [0.4, 0.5) is 0 Å². The number of nitrogens with zero attached hydrogens (tertiary/aromatic N) is 2. The first kappa shape index (κ1) is 26.4. The second kappa shape index (κ2) is 16.3. The lowest BCUT2D eigenvalue weighted by Gasteiger charge is -2.25. The van der Waals surface area contributed by atoms with Crippen LogP contribution in [-0.4, -0.2) is 47.8 Å². The van der Waals surface area contributed by atoms with Gasteiger partial charge in [0.15, 0.2) is 0 Å². The molecular formula is C25H38N2O2. The predicted octanol–water partition coefficient (Wildman–Crippen LogP) is 5.75. The van der Waals surface area contributed by atoms with Gasteiger partial charge in [-0.25, -0.2) is 0 Å². The van der Waals surface area contributed by atoms with Crippen molar-refractivity contribution in [2.75, 3.05) is 26.2 Å². The van der Waals surface area contributed by atoms with Gasteiger partial charge in [0.05, 0.1) is 0 Å². The minimum absolute atomic E-state index is 0.0422. The first-order chi connectivity index (χ1) is 14.2. The Morgan fingerprint density at radius 3 is 1.21 bits per heavy atom. The molecule has 0 bridgehead atoms. The molecule has 0 fully saturated rings. The molecule has 160 valence electrons. The Morgan fingerprint density at radius 1 is 0.621 bits per heavy atom. The summed E-state index contributed by atoms with van der Waals surface area (Å²) in [5, 5.41) is 0. The summed E-state index contributed by atoms with van der Waals surface area (Å²) in [5.74, 6) is 0.0843. The molecule has 4 nitrogen and oxygen atoms in total.